The second-order valence-electron chi connectivity index (χ2n) is 6.97. The van der Waals surface area contributed by atoms with E-state index in [1.807, 2.05) is 13.8 Å². The summed E-state index contributed by atoms with van der Waals surface area (Å²) in [5, 5.41) is 20.4. The van der Waals surface area contributed by atoms with Crippen molar-refractivity contribution < 1.29 is 28.2 Å². The van der Waals surface area contributed by atoms with Gasteiger partial charge < -0.3 is 15.5 Å². The van der Waals surface area contributed by atoms with E-state index in [4.69, 9.17) is 9.90 Å². The molecule has 0 radical (unpaired) electrons. The Labute approximate surface area is 143 Å². The lowest BCUT2D eigenvalue weighted by Crippen LogP contribution is -2.34. The summed E-state index contributed by atoms with van der Waals surface area (Å²) in [6.07, 6.45) is 0.251. The van der Waals surface area contributed by atoms with Gasteiger partial charge >= 0.3 is 12.1 Å². The summed E-state index contributed by atoms with van der Waals surface area (Å²) in [7, 11) is 0. The number of nitrogens with one attached hydrogen (secondary N) is 1. The highest BCUT2D eigenvalue weighted by atomic mass is 19.4. The van der Waals surface area contributed by atoms with Crippen molar-refractivity contribution in [3.63, 3.8) is 0 Å². The van der Waals surface area contributed by atoms with E-state index in [0.717, 1.165) is 32.1 Å². The van der Waals surface area contributed by atoms with Crippen LogP contribution in [0, 0.1) is 0 Å². The van der Waals surface area contributed by atoms with Crippen molar-refractivity contribution in [2.45, 2.75) is 90.6 Å². The molecule has 0 saturated carbocycles. The largest absolute Gasteiger partial charge is 0.490 e. The van der Waals surface area contributed by atoms with Crippen LogP contribution in [-0.2, 0) is 4.79 Å². The molecule has 0 spiro atoms. The molecule has 0 rings (SSSR count). The van der Waals surface area contributed by atoms with E-state index in [9.17, 15) is 18.3 Å². The molecule has 2 unspecified atom stereocenters. The second kappa shape index (κ2) is 11.5. The average Bonchev–Trinajstić information content (AvgIpc) is 2.34. The summed E-state index contributed by atoms with van der Waals surface area (Å²) in [4.78, 5) is 8.90. The van der Waals surface area contributed by atoms with Crippen molar-refractivity contribution in [2.24, 2.45) is 0 Å². The van der Waals surface area contributed by atoms with Crippen LogP contribution in [0.2, 0.25) is 0 Å². The summed E-state index contributed by atoms with van der Waals surface area (Å²) in [5.41, 5.74) is 0.735. The molecule has 0 aromatic carbocycles. The first-order chi connectivity index (χ1) is 10.6. The molecule has 0 fully saturated rings. The monoisotopic (exact) mass is 355 g/mol. The van der Waals surface area contributed by atoms with Crippen molar-refractivity contribution in [1.29, 1.82) is 0 Å². The predicted molar refractivity (Wildman–Crippen MR) is 89.9 cm³/mol. The van der Waals surface area contributed by atoms with E-state index in [2.05, 4.69) is 32.7 Å². The maximum absolute atomic E-state index is 10.6. The number of aliphatic hydroxyl groups is 1. The summed E-state index contributed by atoms with van der Waals surface area (Å²) >= 11 is 0. The average molecular weight is 355 g/mol. The minimum atomic E-state index is -5.08. The fraction of sp³-hybridized carbons (Fsp3) is 0.824. The summed E-state index contributed by atoms with van der Waals surface area (Å²) in [6, 6.07) is 1.07. The van der Waals surface area contributed by atoms with Gasteiger partial charge in [0, 0.05) is 12.1 Å². The van der Waals surface area contributed by atoms with Crippen LogP contribution in [0.5, 0.6) is 0 Å². The molecule has 0 aromatic rings. The van der Waals surface area contributed by atoms with Crippen molar-refractivity contribution in [1.82, 2.24) is 5.32 Å². The first kappa shape index (κ1) is 25.2. The van der Waals surface area contributed by atoms with Gasteiger partial charge in [-0.05, 0) is 66.7 Å². The van der Waals surface area contributed by atoms with Crippen LogP contribution in [0.1, 0.15) is 66.7 Å². The van der Waals surface area contributed by atoms with Gasteiger partial charge in [0.15, 0.2) is 0 Å². The number of alkyl halides is 3. The Kier molecular flexibility index (Phi) is 12.0. The van der Waals surface area contributed by atoms with Crippen molar-refractivity contribution in [3.05, 3.63) is 12.2 Å². The molecule has 2 atom stereocenters. The first-order valence-corrected chi connectivity index (χ1v) is 8.08. The van der Waals surface area contributed by atoms with Gasteiger partial charge in [-0.2, -0.15) is 13.2 Å². The van der Waals surface area contributed by atoms with E-state index in [0.29, 0.717) is 12.1 Å². The lowest BCUT2D eigenvalue weighted by atomic mass is 9.99. The maximum Gasteiger partial charge on any atom is 0.490 e. The molecule has 24 heavy (non-hydrogen) atoms. The minimum absolute atomic E-state index is 0.523. The zero-order chi connectivity index (χ0) is 19.6. The highest BCUT2D eigenvalue weighted by molar-refractivity contribution is 5.73. The second-order valence-corrected chi connectivity index (χ2v) is 6.97. The Bertz CT molecular complexity index is 376. The highest BCUT2D eigenvalue weighted by Crippen LogP contribution is 2.14. The molecule has 0 aromatic heterocycles. The number of allylic oxidation sites excluding steroid dienone is 1. The Morgan fingerprint density at radius 2 is 1.58 bits per heavy atom. The zero-order valence-electron chi connectivity index (χ0n) is 15.3. The fourth-order valence-corrected chi connectivity index (χ4v) is 1.96. The molecule has 0 aliphatic rings. The molecule has 0 heterocycles. The summed E-state index contributed by atoms with van der Waals surface area (Å²) < 4.78 is 31.7. The Balaban J connectivity index is 0. The number of aliphatic carboxylic acids is 1. The molecule has 0 aliphatic carbocycles. The van der Waals surface area contributed by atoms with Gasteiger partial charge in [-0.25, -0.2) is 4.79 Å². The molecule has 7 heteroatoms. The molecule has 0 bridgehead atoms. The minimum Gasteiger partial charge on any atom is -0.475 e. The van der Waals surface area contributed by atoms with Crippen LogP contribution in [0.4, 0.5) is 13.2 Å². The SMILES string of the molecule is C=C(C)CCC(C)NC(C)CCCC(C)(C)O.O=C(O)C(F)(F)F. The van der Waals surface area contributed by atoms with Gasteiger partial charge in [0.1, 0.15) is 0 Å². The number of rotatable bonds is 9. The van der Waals surface area contributed by atoms with Crippen LogP contribution < -0.4 is 5.32 Å². The molecule has 4 nitrogen and oxygen atoms in total. The fourth-order valence-electron chi connectivity index (χ4n) is 1.96. The van der Waals surface area contributed by atoms with Gasteiger partial charge in [-0.3, -0.25) is 0 Å². The van der Waals surface area contributed by atoms with E-state index < -0.39 is 17.7 Å². The van der Waals surface area contributed by atoms with Crippen molar-refractivity contribution in [2.75, 3.05) is 0 Å². The molecular formula is C17H32F3NO3. The molecule has 3 N–H and O–H groups in total. The lowest BCUT2D eigenvalue weighted by molar-refractivity contribution is -0.192. The predicted octanol–water partition coefficient (Wildman–Crippen LogP) is 4.28. The molecule has 0 amide bonds. The topological polar surface area (TPSA) is 69.6 Å². The van der Waals surface area contributed by atoms with Gasteiger partial charge in [0.2, 0.25) is 0 Å². The standard InChI is InChI=1S/C15H31NO.C2HF3O2/c1-12(2)9-10-14(4)16-13(3)8-7-11-15(5,6)17;3-2(4,5)1(6)7/h13-14,16-17H,1,7-11H2,2-6H3;(H,6,7). The van der Waals surface area contributed by atoms with Crippen LogP contribution in [0.3, 0.4) is 0 Å². The number of carboxylic acids is 1. The smallest absolute Gasteiger partial charge is 0.475 e. The van der Waals surface area contributed by atoms with E-state index in [1.54, 1.807) is 0 Å². The molecular weight excluding hydrogens is 323 g/mol. The third-order valence-corrected chi connectivity index (χ3v) is 3.24. The van der Waals surface area contributed by atoms with Crippen LogP contribution in [0.25, 0.3) is 0 Å². The number of carboxylic acid groups (broad SMARTS) is 1. The third-order valence-electron chi connectivity index (χ3n) is 3.24. The van der Waals surface area contributed by atoms with E-state index in [-0.39, 0.29) is 0 Å². The number of carbonyl (C=O) groups is 1. The van der Waals surface area contributed by atoms with Gasteiger partial charge in [0.25, 0.3) is 0 Å². The maximum atomic E-state index is 10.6. The summed E-state index contributed by atoms with van der Waals surface area (Å²) in [5.74, 6) is -2.76. The highest BCUT2D eigenvalue weighted by Gasteiger charge is 2.38. The number of hydrogen-bond acceptors (Lipinski definition) is 3. The van der Waals surface area contributed by atoms with Gasteiger partial charge in [0.05, 0.1) is 5.60 Å². The van der Waals surface area contributed by atoms with Gasteiger partial charge in [-0.15, -0.1) is 6.58 Å². The van der Waals surface area contributed by atoms with Crippen molar-refractivity contribution >= 4 is 5.97 Å². The normalized spacial score (nSPS) is 14.4. The Hall–Kier alpha value is -1.08. The zero-order valence-corrected chi connectivity index (χ0v) is 15.3. The Morgan fingerprint density at radius 1 is 1.17 bits per heavy atom. The summed E-state index contributed by atoms with van der Waals surface area (Å²) in [6.45, 7) is 14.2. The van der Waals surface area contributed by atoms with Crippen LogP contribution >= 0.6 is 0 Å². The third kappa shape index (κ3) is 19.0. The van der Waals surface area contributed by atoms with E-state index >= 15 is 0 Å². The van der Waals surface area contributed by atoms with E-state index in [1.165, 1.54) is 5.57 Å². The molecule has 144 valence electrons. The lowest BCUT2D eigenvalue weighted by Gasteiger charge is -2.22. The first-order valence-electron chi connectivity index (χ1n) is 8.08. The van der Waals surface area contributed by atoms with Gasteiger partial charge in [-0.1, -0.05) is 5.57 Å². The number of halogens is 3. The quantitative estimate of drug-likeness (QED) is 0.540. The number of hydrogen-bond donors (Lipinski definition) is 3. The molecule has 0 saturated heterocycles. The molecule has 0 aliphatic heterocycles. The van der Waals surface area contributed by atoms with Crippen molar-refractivity contribution in [3.8, 4) is 0 Å². The van der Waals surface area contributed by atoms with Crippen LogP contribution in [-0.4, -0.2) is 40.0 Å². The van der Waals surface area contributed by atoms with Crippen LogP contribution in [0.15, 0.2) is 12.2 Å². The Morgan fingerprint density at radius 3 is 1.92 bits per heavy atom.